The quantitative estimate of drug-likeness (QED) is 0.798. The second-order valence-electron chi connectivity index (χ2n) is 3.96. The van der Waals surface area contributed by atoms with Crippen LogP contribution in [0.5, 0.6) is 0 Å². The minimum atomic E-state index is -3.87. The van der Waals surface area contributed by atoms with E-state index in [0.29, 0.717) is 6.54 Å². The number of hydrogen-bond acceptors (Lipinski definition) is 6. The van der Waals surface area contributed by atoms with Crippen molar-refractivity contribution >= 4 is 33.3 Å². The molecule has 0 aliphatic carbocycles. The summed E-state index contributed by atoms with van der Waals surface area (Å²) in [5.41, 5.74) is 5.63. The first-order chi connectivity index (χ1) is 9.42. The van der Waals surface area contributed by atoms with Gasteiger partial charge in [-0.1, -0.05) is 6.92 Å². The number of rotatable bonds is 5. The number of aryl methyl sites for hydroxylation is 1. The Labute approximate surface area is 121 Å². The molecule has 2 aromatic heterocycles. The normalized spacial score (nSPS) is 11.5. The maximum atomic E-state index is 12.2. The predicted molar refractivity (Wildman–Crippen MR) is 74.8 cm³/mol. The van der Waals surface area contributed by atoms with Gasteiger partial charge in [0.15, 0.2) is 5.82 Å². The molecule has 3 N–H and O–H groups in total. The molecule has 2 heterocycles. The van der Waals surface area contributed by atoms with Crippen LogP contribution in [0.25, 0.3) is 0 Å². The van der Waals surface area contributed by atoms with E-state index in [1.165, 1.54) is 23.1 Å². The first-order valence-electron chi connectivity index (χ1n) is 5.76. The van der Waals surface area contributed by atoms with Crippen molar-refractivity contribution in [3.05, 3.63) is 23.7 Å². The minimum absolute atomic E-state index is 0.0557. The van der Waals surface area contributed by atoms with E-state index in [9.17, 15) is 8.42 Å². The van der Waals surface area contributed by atoms with Gasteiger partial charge in [0.05, 0.1) is 0 Å². The fourth-order valence-corrected chi connectivity index (χ4v) is 2.78. The van der Waals surface area contributed by atoms with E-state index in [1.807, 2.05) is 6.92 Å². The molecule has 10 heteroatoms. The summed E-state index contributed by atoms with van der Waals surface area (Å²) in [5, 5.41) is 3.89. The van der Waals surface area contributed by atoms with E-state index in [0.717, 1.165) is 6.42 Å². The van der Waals surface area contributed by atoms with Crippen LogP contribution < -0.4 is 10.5 Å². The van der Waals surface area contributed by atoms with Gasteiger partial charge in [-0.15, -0.1) is 0 Å². The van der Waals surface area contributed by atoms with Crippen LogP contribution in [0.15, 0.2) is 23.4 Å². The summed E-state index contributed by atoms with van der Waals surface area (Å²) >= 11 is 5.60. The Morgan fingerprint density at radius 1 is 1.50 bits per heavy atom. The number of nitrogens with zero attached hydrogens (tertiary/aromatic N) is 4. The SMILES string of the molecule is CCCn1cc(S(=O)(=O)Nc2ccnc(Cl)n2)c(N)n1. The molecule has 108 valence electrons. The molecule has 0 amide bonds. The van der Waals surface area contributed by atoms with E-state index in [2.05, 4.69) is 19.8 Å². The predicted octanol–water partition coefficient (Wildman–Crippen LogP) is 1.12. The van der Waals surface area contributed by atoms with Crippen molar-refractivity contribution in [1.82, 2.24) is 19.7 Å². The fraction of sp³-hybridized carbons (Fsp3) is 0.300. The third-order valence-electron chi connectivity index (χ3n) is 2.36. The molecule has 0 aliphatic heterocycles. The molecule has 0 radical (unpaired) electrons. The molecule has 0 unspecified atom stereocenters. The molecule has 0 aliphatic rings. The molecule has 2 aromatic rings. The second-order valence-corrected chi connectivity index (χ2v) is 5.95. The van der Waals surface area contributed by atoms with E-state index in [4.69, 9.17) is 17.3 Å². The van der Waals surface area contributed by atoms with E-state index in [-0.39, 0.29) is 21.8 Å². The standard InChI is InChI=1S/C10H13ClN6O2S/c1-2-5-17-6-7(9(12)15-17)20(18,19)16-8-3-4-13-10(11)14-8/h3-4,6H,2,5H2,1H3,(H2,12,15)(H,13,14,16). The third kappa shape index (κ3) is 3.17. The van der Waals surface area contributed by atoms with Crippen molar-refractivity contribution in [3.8, 4) is 0 Å². The molecule has 0 saturated heterocycles. The van der Waals surface area contributed by atoms with E-state index < -0.39 is 10.0 Å². The smallest absolute Gasteiger partial charge is 0.268 e. The van der Waals surface area contributed by atoms with Gasteiger partial charge in [0.25, 0.3) is 10.0 Å². The first kappa shape index (κ1) is 14.5. The Bertz CT molecular complexity index is 714. The summed E-state index contributed by atoms with van der Waals surface area (Å²) < 4.78 is 28.2. The highest BCUT2D eigenvalue weighted by Crippen LogP contribution is 2.19. The van der Waals surface area contributed by atoms with Gasteiger partial charge in [-0.3, -0.25) is 9.40 Å². The van der Waals surface area contributed by atoms with Gasteiger partial charge in [0.2, 0.25) is 5.28 Å². The lowest BCUT2D eigenvalue weighted by molar-refractivity contribution is 0.595. The number of nitrogens with two attached hydrogens (primary N) is 1. The van der Waals surface area contributed by atoms with Crippen molar-refractivity contribution in [1.29, 1.82) is 0 Å². The van der Waals surface area contributed by atoms with Gasteiger partial charge < -0.3 is 5.73 Å². The molecular weight excluding hydrogens is 304 g/mol. The Hall–Kier alpha value is -1.87. The van der Waals surface area contributed by atoms with Crippen LogP contribution in [-0.2, 0) is 16.6 Å². The minimum Gasteiger partial charge on any atom is -0.381 e. The number of aromatic nitrogens is 4. The summed E-state index contributed by atoms with van der Waals surface area (Å²) in [6.45, 7) is 2.53. The molecule has 0 bridgehead atoms. The Morgan fingerprint density at radius 3 is 2.90 bits per heavy atom. The molecule has 2 rings (SSSR count). The average Bonchev–Trinajstić information content (AvgIpc) is 2.71. The summed E-state index contributed by atoms with van der Waals surface area (Å²) in [4.78, 5) is 7.32. The Kier molecular flexibility index (Phi) is 4.09. The number of hydrogen-bond donors (Lipinski definition) is 2. The lowest BCUT2D eigenvalue weighted by Gasteiger charge is -2.05. The molecule has 0 spiro atoms. The van der Waals surface area contributed by atoms with Crippen LogP contribution in [0, 0.1) is 0 Å². The molecule has 0 fully saturated rings. The van der Waals surface area contributed by atoms with Crippen LogP contribution in [0.2, 0.25) is 5.28 Å². The zero-order valence-electron chi connectivity index (χ0n) is 10.6. The zero-order chi connectivity index (χ0) is 14.8. The van der Waals surface area contributed by atoms with Gasteiger partial charge in [0, 0.05) is 18.9 Å². The monoisotopic (exact) mass is 316 g/mol. The van der Waals surface area contributed by atoms with Crippen molar-refractivity contribution in [2.24, 2.45) is 0 Å². The second kappa shape index (κ2) is 5.63. The van der Waals surface area contributed by atoms with Gasteiger partial charge in [-0.2, -0.15) is 10.1 Å². The Balaban J connectivity index is 2.30. The van der Waals surface area contributed by atoms with E-state index in [1.54, 1.807) is 0 Å². The lowest BCUT2D eigenvalue weighted by atomic mass is 10.5. The first-order valence-corrected chi connectivity index (χ1v) is 7.63. The van der Waals surface area contributed by atoms with Crippen LogP contribution in [0.1, 0.15) is 13.3 Å². The number of nitrogens with one attached hydrogen (secondary N) is 1. The zero-order valence-corrected chi connectivity index (χ0v) is 12.2. The highest BCUT2D eigenvalue weighted by atomic mass is 35.5. The summed E-state index contributed by atoms with van der Waals surface area (Å²) in [6.07, 6.45) is 3.54. The van der Waals surface area contributed by atoms with Crippen molar-refractivity contribution in [2.45, 2.75) is 24.8 Å². The number of anilines is 2. The summed E-state index contributed by atoms with van der Waals surface area (Å²) in [6, 6.07) is 1.39. The molecule has 8 nitrogen and oxygen atoms in total. The lowest BCUT2D eigenvalue weighted by Crippen LogP contribution is -2.15. The van der Waals surface area contributed by atoms with E-state index >= 15 is 0 Å². The van der Waals surface area contributed by atoms with Gasteiger partial charge in [0.1, 0.15) is 10.7 Å². The number of halogens is 1. The molecule has 20 heavy (non-hydrogen) atoms. The maximum Gasteiger partial charge on any atom is 0.268 e. The number of sulfonamides is 1. The van der Waals surface area contributed by atoms with Crippen LogP contribution >= 0.6 is 11.6 Å². The topological polar surface area (TPSA) is 116 Å². The van der Waals surface area contributed by atoms with Crippen molar-refractivity contribution in [3.63, 3.8) is 0 Å². The van der Waals surface area contributed by atoms with Gasteiger partial charge in [-0.25, -0.2) is 13.4 Å². The summed E-state index contributed by atoms with van der Waals surface area (Å²) in [7, 11) is -3.87. The molecular formula is C10H13ClN6O2S. The molecule has 0 atom stereocenters. The maximum absolute atomic E-state index is 12.2. The van der Waals surface area contributed by atoms with Crippen molar-refractivity contribution in [2.75, 3.05) is 10.5 Å². The van der Waals surface area contributed by atoms with Gasteiger partial charge >= 0.3 is 0 Å². The average molecular weight is 317 g/mol. The summed E-state index contributed by atoms with van der Waals surface area (Å²) in [5.74, 6) is -0.00116. The number of nitrogen functional groups attached to an aromatic ring is 1. The largest absolute Gasteiger partial charge is 0.381 e. The van der Waals surface area contributed by atoms with Crippen LogP contribution in [0.4, 0.5) is 11.6 Å². The van der Waals surface area contributed by atoms with Crippen LogP contribution in [0.3, 0.4) is 0 Å². The Morgan fingerprint density at radius 2 is 2.25 bits per heavy atom. The third-order valence-corrected chi connectivity index (χ3v) is 3.92. The molecule has 0 saturated carbocycles. The highest BCUT2D eigenvalue weighted by Gasteiger charge is 2.21. The van der Waals surface area contributed by atoms with Crippen LogP contribution in [-0.4, -0.2) is 28.2 Å². The highest BCUT2D eigenvalue weighted by molar-refractivity contribution is 7.92. The fourth-order valence-electron chi connectivity index (χ4n) is 1.55. The van der Waals surface area contributed by atoms with Crippen molar-refractivity contribution < 1.29 is 8.42 Å². The van der Waals surface area contributed by atoms with Gasteiger partial charge in [-0.05, 0) is 24.1 Å². The molecule has 0 aromatic carbocycles.